The average molecular weight is 363 g/mol. The smallest absolute Gasteiger partial charge is 0.265 e. The van der Waals surface area contributed by atoms with Crippen LogP contribution in [0.15, 0.2) is 24.3 Å². The fraction of sp³-hybridized carbons (Fsp3) is 0.667. The lowest BCUT2D eigenvalue weighted by atomic mass is 10.2. The molecule has 0 aliphatic heterocycles. The van der Waals surface area contributed by atoms with Gasteiger partial charge in [0.05, 0.1) is 8.07 Å². The third kappa shape index (κ3) is 6.59. The second-order valence-corrected chi connectivity index (χ2v) is 12.1. The molecule has 0 aromatic heterocycles. The van der Waals surface area contributed by atoms with Gasteiger partial charge in [-0.1, -0.05) is 95.6 Å². The summed E-state index contributed by atoms with van der Waals surface area (Å²) in [6, 6.07) is 12.4. The Labute approximate surface area is 156 Å². The van der Waals surface area contributed by atoms with Crippen LogP contribution in [0.25, 0.3) is 0 Å². The summed E-state index contributed by atoms with van der Waals surface area (Å²) in [6.45, 7) is 6.84. The summed E-state index contributed by atoms with van der Waals surface area (Å²) in [4.78, 5) is 12.8. The molecule has 4 heteroatoms. The number of unbranched alkanes of at least 4 members (excludes halogenated alkanes) is 3. The Morgan fingerprint density at radius 2 is 1.40 bits per heavy atom. The van der Waals surface area contributed by atoms with Crippen LogP contribution in [-0.2, 0) is 0 Å². The van der Waals surface area contributed by atoms with Crippen LogP contribution in [0, 0.1) is 0 Å². The topological polar surface area (TPSA) is 32.3 Å². The molecule has 25 heavy (non-hydrogen) atoms. The number of nitrogens with zero attached hydrogens (tertiary/aromatic N) is 1. The molecule has 0 radical (unpaired) electrons. The number of carbonyl (C=O) groups is 1. The zero-order valence-electron chi connectivity index (χ0n) is 17.0. The molecule has 1 aromatic carbocycles. The lowest BCUT2D eigenvalue weighted by Gasteiger charge is -2.34. The SMILES string of the molecule is CCCC[Si](CCCC)(CCCC)c1ccccc1C(=O)NN(C)C. The molecular weight excluding hydrogens is 324 g/mol. The maximum Gasteiger partial charge on any atom is 0.265 e. The Kier molecular flexibility index (Phi) is 10.1. The summed E-state index contributed by atoms with van der Waals surface area (Å²) >= 11 is 0. The van der Waals surface area contributed by atoms with Crippen molar-refractivity contribution in [2.45, 2.75) is 77.4 Å². The van der Waals surface area contributed by atoms with E-state index < -0.39 is 8.07 Å². The van der Waals surface area contributed by atoms with E-state index in [1.165, 1.54) is 61.8 Å². The van der Waals surface area contributed by atoms with Crippen molar-refractivity contribution < 1.29 is 4.79 Å². The van der Waals surface area contributed by atoms with Crippen LogP contribution < -0.4 is 10.6 Å². The van der Waals surface area contributed by atoms with Crippen LogP contribution in [0.5, 0.6) is 0 Å². The molecule has 0 aliphatic carbocycles. The average Bonchev–Trinajstić information content (AvgIpc) is 2.61. The van der Waals surface area contributed by atoms with E-state index in [1.807, 2.05) is 26.2 Å². The van der Waals surface area contributed by atoms with Crippen molar-refractivity contribution in [1.82, 2.24) is 10.4 Å². The van der Waals surface area contributed by atoms with Crippen molar-refractivity contribution in [3.05, 3.63) is 29.8 Å². The minimum atomic E-state index is -1.67. The van der Waals surface area contributed by atoms with E-state index in [0.29, 0.717) is 0 Å². The van der Waals surface area contributed by atoms with Gasteiger partial charge >= 0.3 is 0 Å². The number of carbonyl (C=O) groups excluding carboxylic acids is 1. The number of hydrogen-bond acceptors (Lipinski definition) is 2. The predicted octanol–water partition coefficient (Wildman–Crippen LogP) is 4.95. The molecule has 0 bridgehead atoms. The molecule has 1 amide bonds. The van der Waals surface area contributed by atoms with Gasteiger partial charge in [-0.15, -0.1) is 0 Å². The summed E-state index contributed by atoms with van der Waals surface area (Å²) < 4.78 is 0. The van der Waals surface area contributed by atoms with Gasteiger partial charge in [0, 0.05) is 19.7 Å². The number of benzene rings is 1. The van der Waals surface area contributed by atoms with Gasteiger partial charge in [-0.3, -0.25) is 10.2 Å². The van der Waals surface area contributed by atoms with E-state index >= 15 is 0 Å². The third-order valence-electron chi connectivity index (χ3n) is 5.09. The van der Waals surface area contributed by atoms with Crippen molar-refractivity contribution in [1.29, 1.82) is 0 Å². The van der Waals surface area contributed by atoms with Crippen molar-refractivity contribution in [2.24, 2.45) is 0 Å². The van der Waals surface area contributed by atoms with Crippen LogP contribution >= 0.6 is 0 Å². The van der Waals surface area contributed by atoms with Crippen molar-refractivity contribution in [3.63, 3.8) is 0 Å². The standard InChI is InChI=1S/C21H38N2OSi/c1-6-9-16-25(17-10-7-2,18-11-8-3)20-15-13-12-14-19(20)21(24)22-23(4)5/h12-15H,6-11,16-18H2,1-5H3,(H,22,24). The predicted molar refractivity (Wildman–Crippen MR) is 112 cm³/mol. The van der Waals surface area contributed by atoms with Gasteiger partial charge in [0.1, 0.15) is 0 Å². The highest BCUT2D eigenvalue weighted by Crippen LogP contribution is 2.29. The molecule has 0 atom stereocenters. The van der Waals surface area contributed by atoms with Crippen LogP contribution in [0.2, 0.25) is 18.1 Å². The zero-order chi connectivity index (χ0) is 18.7. The molecule has 3 nitrogen and oxygen atoms in total. The van der Waals surface area contributed by atoms with Gasteiger partial charge in [-0.05, 0) is 11.3 Å². The van der Waals surface area contributed by atoms with Crippen molar-refractivity contribution in [2.75, 3.05) is 14.1 Å². The van der Waals surface area contributed by atoms with Gasteiger partial charge in [0.15, 0.2) is 0 Å². The minimum Gasteiger partial charge on any atom is -0.285 e. The molecule has 142 valence electrons. The summed E-state index contributed by atoms with van der Waals surface area (Å²) in [6.07, 6.45) is 7.55. The molecule has 0 saturated carbocycles. The molecule has 0 unspecified atom stereocenters. The maximum atomic E-state index is 12.8. The Morgan fingerprint density at radius 1 is 0.920 bits per heavy atom. The summed E-state index contributed by atoms with van der Waals surface area (Å²) in [7, 11) is 2.07. The van der Waals surface area contributed by atoms with E-state index in [0.717, 1.165) is 5.56 Å². The summed E-state index contributed by atoms with van der Waals surface area (Å²) in [5.74, 6) is 0.0435. The van der Waals surface area contributed by atoms with Crippen molar-refractivity contribution in [3.8, 4) is 0 Å². The van der Waals surface area contributed by atoms with E-state index in [9.17, 15) is 4.79 Å². The number of rotatable bonds is 12. The van der Waals surface area contributed by atoms with E-state index in [-0.39, 0.29) is 5.91 Å². The van der Waals surface area contributed by atoms with Gasteiger partial charge in [-0.2, -0.15) is 0 Å². The fourth-order valence-corrected chi connectivity index (χ4v) is 9.60. The molecule has 1 N–H and O–H groups in total. The van der Waals surface area contributed by atoms with E-state index in [4.69, 9.17) is 0 Å². The van der Waals surface area contributed by atoms with Crippen LogP contribution in [0.1, 0.15) is 69.7 Å². The zero-order valence-corrected chi connectivity index (χ0v) is 18.0. The summed E-state index contributed by atoms with van der Waals surface area (Å²) in [5, 5.41) is 3.14. The highest BCUT2D eigenvalue weighted by Gasteiger charge is 2.36. The molecule has 0 spiro atoms. The largest absolute Gasteiger partial charge is 0.285 e. The second kappa shape index (κ2) is 11.5. The fourth-order valence-electron chi connectivity index (χ4n) is 3.73. The highest BCUT2D eigenvalue weighted by molar-refractivity contribution is 6.92. The van der Waals surface area contributed by atoms with Gasteiger partial charge in [0.2, 0.25) is 0 Å². The van der Waals surface area contributed by atoms with E-state index in [2.05, 4.69) is 38.3 Å². The van der Waals surface area contributed by atoms with Gasteiger partial charge in [0.25, 0.3) is 5.91 Å². The van der Waals surface area contributed by atoms with Gasteiger partial charge < -0.3 is 0 Å². The number of hydrazine groups is 1. The van der Waals surface area contributed by atoms with Crippen LogP contribution in [0.4, 0.5) is 0 Å². The minimum absolute atomic E-state index is 0.0435. The van der Waals surface area contributed by atoms with Crippen LogP contribution in [-0.4, -0.2) is 33.1 Å². The monoisotopic (exact) mass is 362 g/mol. The molecule has 1 aromatic rings. The first kappa shape index (κ1) is 21.9. The molecule has 0 aliphatic rings. The Hall–Kier alpha value is -1.13. The Bertz CT molecular complexity index is 495. The van der Waals surface area contributed by atoms with Crippen molar-refractivity contribution >= 4 is 19.2 Å². The lowest BCUT2D eigenvalue weighted by molar-refractivity contribution is 0.0858. The number of amides is 1. The first-order valence-electron chi connectivity index (χ1n) is 10.1. The Balaban J connectivity index is 3.32. The molecule has 1 rings (SSSR count). The van der Waals surface area contributed by atoms with Gasteiger partial charge in [-0.25, -0.2) is 5.01 Å². The molecular formula is C21H38N2OSi. The molecule has 0 fully saturated rings. The quantitative estimate of drug-likeness (QED) is 0.421. The molecule has 0 heterocycles. The highest BCUT2D eigenvalue weighted by atomic mass is 28.3. The molecule has 0 saturated heterocycles. The van der Waals surface area contributed by atoms with E-state index in [1.54, 1.807) is 5.01 Å². The number of hydrogen-bond donors (Lipinski definition) is 1. The van der Waals surface area contributed by atoms with Crippen LogP contribution in [0.3, 0.4) is 0 Å². The second-order valence-electron chi connectivity index (χ2n) is 7.47. The lowest BCUT2D eigenvalue weighted by Crippen LogP contribution is -2.51. The number of nitrogens with one attached hydrogen (secondary N) is 1. The normalized spacial score (nSPS) is 11.8. The first-order valence-corrected chi connectivity index (χ1v) is 12.7. The first-order chi connectivity index (χ1) is 12.0. The summed E-state index contributed by atoms with van der Waals surface area (Å²) in [5.41, 5.74) is 3.86. The maximum absolute atomic E-state index is 12.8. The third-order valence-corrected chi connectivity index (χ3v) is 10.6. The Morgan fingerprint density at radius 3 is 1.84 bits per heavy atom.